The zero-order valence-corrected chi connectivity index (χ0v) is 15.9. The van der Waals surface area contributed by atoms with E-state index in [0.717, 1.165) is 5.56 Å². The number of carbonyl (C=O) groups excluding carboxylic acids is 2. The van der Waals surface area contributed by atoms with E-state index in [1.54, 1.807) is 31.3 Å². The molecule has 0 aliphatic rings. The zero-order valence-electron chi connectivity index (χ0n) is 15.9. The number of nitro groups is 1. The number of nitrogens with zero attached hydrogens (tertiary/aromatic N) is 3. The van der Waals surface area contributed by atoms with E-state index in [1.165, 1.54) is 35.3 Å². The molecule has 9 heteroatoms. The summed E-state index contributed by atoms with van der Waals surface area (Å²) in [4.78, 5) is 39.5. The van der Waals surface area contributed by atoms with Gasteiger partial charge in [0.1, 0.15) is 5.69 Å². The van der Waals surface area contributed by atoms with Crippen LogP contribution >= 0.6 is 0 Å². The third-order valence-corrected chi connectivity index (χ3v) is 4.30. The number of carbonyl (C=O) groups is 2. The van der Waals surface area contributed by atoms with E-state index < -0.39 is 10.8 Å². The van der Waals surface area contributed by atoms with Crippen LogP contribution in [0.4, 0.5) is 11.4 Å². The molecule has 0 atom stereocenters. The number of anilines is 1. The highest BCUT2D eigenvalue weighted by molar-refractivity contribution is 6.06. The molecule has 0 radical (unpaired) electrons. The Bertz CT molecular complexity index is 1080. The van der Waals surface area contributed by atoms with E-state index in [2.05, 4.69) is 15.6 Å². The highest BCUT2D eigenvalue weighted by atomic mass is 16.6. The first kappa shape index (κ1) is 19.7. The fraction of sp³-hybridized carbons (Fsp3) is 0.150. The van der Waals surface area contributed by atoms with Gasteiger partial charge in [0.25, 0.3) is 17.5 Å². The normalized spacial score (nSPS) is 10.4. The van der Waals surface area contributed by atoms with Crippen LogP contribution in [0.3, 0.4) is 0 Å². The van der Waals surface area contributed by atoms with Gasteiger partial charge in [0.05, 0.1) is 11.3 Å². The Hall–Kier alpha value is -4.01. The van der Waals surface area contributed by atoms with Crippen LogP contribution in [0.15, 0.2) is 55.1 Å². The highest BCUT2D eigenvalue weighted by Gasteiger charge is 2.19. The highest BCUT2D eigenvalue weighted by Crippen LogP contribution is 2.25. The lowest BCUT2D eigenvalue weighted by Gasteiger charge is -2.11. The number of hydrogen-bond acceptors (Lipinski definition) is 5. The van der Waals surface area contributed by atoms with Crippen molar-refractivity contribution in [3.63, 3.8) is 0 Å². The number of imidazole rings is 1. The van der Waals surface area contributed by atoms with E-state index in [0.29, 0.717) is 23.5 Å². The molecule has 29 heavy (non-hydrogen) atoms. The summed E-state index contributed by atoms with van der Waals surface area (Å²) in [6.45, 7) is 4.10. The lowest BCUT2D eigenvalue weighted by Crippen LogP contribution is -2.23. The monoisotopic (exact) mass is 393 g/mol. The maximum atomic E-state index is 12.7. The number of nitro benzene ring substituents is 1. The first-order chi connectivity index (χ1) is 13.9. The van der Waals surface area contributed by atoms with Gasteiger partial charge in [-0.15, -0.1) is 0 Å². The van der Waals surface area contributed by atoms with Crippen LogP contribution in [0.2, 0.25) is 0 Å². The number of hydrogen-bond donors (Lipinski definition) is 2. The average Bonchev–Trinajstić information content (AvgIpc) is 3.24. The smallest absolute Gasteiger partial charge is 0.294 e. The van der Waals surface area contributed by atoms with E-state index in [4.69, 9.17) is 0 Å². The van der Waals surface area contributed by atoms with E-state index >= 15 is 0 Å². The standard InChI is InChI=1S/C20H19N5O4/c1-3-22-19(26)14-5-4-13(2)16(10-14)23-20(27)15-6-7-17(18(11-15)25(28)29)24-9-8-21-12-24/h4-12H,3H2,1-2H3,(H,22,26)(H,23,27). The minimum atomic E-state index is -0.549. The molecule has 2 aromatic carbocycles. The molecule has 0 spiro atoms. The zero-order chi connectivity index (χ0) is 21.0. The van der Waals surface area contributed by atoms with Crippen LogP contribution in [0.25, 0.3) is 5.69 Å². The third kappa shape index (κ3) is 4.29. The van der Waals surface area contributed by atoms with Gasteiger partial charge in [0, 0.05) is 41.8 Å². The van der Waals surface area contributed by atoms with Gasteiger partial charge in [-0.2, -0.15) is 0 Å². The Kier molecular flexibility index (Phi) is 5.68. The maximum Gasteiger partial charge on any atom is 0.294 e. The molecule has 0 fully saturated rings. The largest absolute Gasteiger partial charge is 0.352 e. The Morgan fingerprint density at radius 2 is 1.86 bits per heavy atom. The summed E-state index contributed by atoms with van der Waals surface area (Å²) in [5, 5.41) is 16.9. The molecule has 0 saturated carbocycles. The van der Waals surface area contributed by atoms with Crippen molar-refractivity contribution in [3.8, 4) is 5.69 Å². The fourth-order valence-corrected chi connectivity index (χ4v) is 2.79. The predicted molar refractivity (Wildman–Crippen MR) is 107 cm³/mol. The Balaban J connectivity index is 1.90. The average molecular weight is 393 g/mol. The number of rotatable bonds is 6. The SMILES string of the molecule is CCNC(=O)c1ccc(C)c(NC(=O)c2ccc(-n3ccnc3)c([N+](=O)[O-])c2)c1. The van der Waals surface area contributed by atoms with Crippen molar-refractivity contribution in [3.05, 3.63) is 81.9 Å². The van der Waals surface area contributed by atoms with E-state index in [1.807, 2.05) is 6.92 Å². The van der Waals surface area contributed by atoms with Crippen molar-refractivity contribution in [2.45, 2.75) is 13.8 Å². The molecule has 3 aromatic rings. The van der Waals surface area contributed by atoms with Crippen LogP contribution in [-0.4, -0.2) is 32.8 Å². The van der Waals surface area contributed by atoms with Gasteiger partial charge < -0.3 is 15.2 Å². The van der Waals surface area contributed by atoms with Crippen molar-refractivity contribution in [1.82, 2.24) is 14.9 Å². The van der Waals surface area contributed by atoms with Crippen LogP contribution in [-0.2, 0) is 0 Å². The maximum absolute atomic E-state index is 12.7. The third-order valence-electron chi connectivity index (χ3n) is 4.30. The molecule has 148 valence electrons. The lowest BCUT2D eigenvalue weighted by molar-refractivity contribution is -0.384. The number of nitrogens with one attached hydrogen (secondary N) is 2. The summed E-state index contributed by atoms with van der Waals surface area (Å²) < 4.78 is 1.50. The van der Waals surface area contributed by atoms with Crippen LogP contribution in [0, 0.1) is 17.0 Å². The molecule has 0 unspecified atom stereocenters. The van der Waals surface area contributed by atoms with Crippen LogP contribution < -0.4 is 10.6 Å². The van der Waals surface area contributed by atoms with Crippen molar-refractivity contribution in [1.29, 1.82) is 0 Å². The molecule has 1 heterocycles. The van der Waals surface area contributed by atoms with Gasteiger partial charge in [-0.05, 0) is 43.7 Å². The topological polar surface area (TPSA) is 119 Å². The first-order valence-corrected chi connectivity index (χ1v) is 8.87. The molecule has 0 saturated heterocycles. The lowest BCUT2D eigenvalue weighted by atomic mass is 10.1. The molecular weight excluding hydrogens is 374 g/mol. The number of benzene rings is 2. The van der Waals surface area contributed by atoms with Crippen molar-refractivity contribution in [2.24, 2.45) is 0 Å². The molecule has 0 aliphatic carbocycles. The summed E-state index contributed by atoms with van der Waals surface area (Å²) in [7, 11) is 0. The molecule has 2 amide bonds. The predicted octanol–water partition coefficient (Wildman–Crippen LogP) is 3.09. The number of aryl methyl sites for hydroxylation is 1. The summed E-state index contributed by atoms with van der Waals surface area (Å²) >= 11 is 0. The summed E-state index contributed by atoms with van der Waals surface area (Å²) in [6.07, 6.45) is 4.53. The quantitative estimate of drug-likeness (QED) is 0.493. The second-order valence-corrected chi connectivity index (χ2v) is 6.27. The van der Waals surface area contributed by atoms with Gasteiger partial charge in [0.15, 0.2) is 0 Å². The minimum Gasteiger partial charge on any atom is -0.352 e. The van der Waals surface area contributed by atoms with E-state index in [-0.39, 0.29) is 17.2 Å². The van der Waals surface area contributed by atoms with Crippen molar-refractivity contribution >= 4 is 23.2 Å². The molecule has 9 nitrogen and oxygen atoms in total. The summed E-state index contributed by atoms with van der Waals surface area (Å²) in [6, 6.07) is 9.18. The summed E-state index contributed by atoms with van der Waals surface area (Å²) in [5.74, 6) is -0.759. The Morgan fingerprint density at radius 3 is 2.52 bits per heavy atom. The van der Waals surface area contributed by atoms with Gasteiger partial charge in [-0.25, -0.2) is 4.98 Å². The van der Waals surface area contributed by atoms with Gasteiger partial charge in [-0.3, -0.25) is 19.7 Å². The Morgan fingerprint density at radius 1 is 1.14 bits per heavy atom. The van der Waals surface area contributed by atoms with Crippen LogP contribution in [0.5, 0.6) is 0 Å². The van der Waals surface area contributed by atoms with Gasteiger partial charge in [-0.1, -0.05) is 6.07 Å². The Labute approximate surface area is 166 Å². The van der Waals surface area contributed by atoms with Crippen molar-refractivity contribution < 1.29 is 14.5 Å². The molecular formula is C20H19N5O4. The van der Waals surface area contributed by atoms with Crippen LogP contribution in [0.1, 0.15) is 33.2 Å². The second kappa shape index (κ2) is 8.34. The molecule has 0 bridgehead atoms. The molecule has 0 aliphatic heterocycles. The molecule has 3 rings (SSSR count). The van der Waals surface area contributed by atoms with Gasteiger partial charge in [0.2, 0.25) is 0 Å². The molecule has 1 aromatic heterocycles. The fourth-order valence-electron chi connectivity index (χ4n) is 2.79. The van der Waals surface area contributed by atoms with Gasteiger partial charge >= 0.3 is 0 Å². The van der Waals surface area contributed by atoms with Crippen molar-refractivity contribution in [2.75, 3.05) is 11.9 Å². The van der Waals surface area contributed by atoms with E-state index in [9.17, 15) is 19.7 Å². The number of amides is 2. The summed E-state index contributed by atoms with van der Waals surface area (Å²) in [5.41, 5.74) is 1.84. The first-order valence-electron chi connectivity index (χ1n) is 8.87. The second-order valence-electron chi connectivity index (χ2n) is 6.27. The number of aromatic nitrogens is 2. The minimum absolute atomic E-state index is 0.128. The molecule has 2 N–H and O–H groups in total.